The van der Waals surface area contributed by atoms with Gasteiger partial charge in [0.25, 0.3) is 5.91 Å². The number of amides is 1. The van der Waals surface area contributed by atoms with Crippen molar-refractivity contribution in [3.63, 3.8) is 0 Å². The highest BCUT2D eigenvalue weighted by Gasteiger charge is 2.08. The van der Waals surface area contributed by atoms with E-state index in [0.717, 1.165) is 23.1 Å². The van der Waals surface area contributed by atoms with Gasteiger partial charge in [-0.25, -0.2) is 13.6 Å². The van der Waals surface area contributed by atoms with E-state index in [1.54, 1.807) is 19.1 Å². The molecule has 128 valence electrons. The van der Waals surface area contributed by atoms with Crippen LogP contribution in [-0.4, -0.2) is 12.5 Å². The number of anilines is 1. The van der Waals surface area contributed by atoms with Crippen LogP contribution in [0.1, 0.15) is 5.56 Å². The summed E-state index contributed by atoms with van der Waals surface area (Å²) in [5.41, 5.74) is 0.767. The molecule has 1 heterocycles. The van der Waals surface area contributed by atoms with Crippen LogP contribution in [0, 0.1) is 18.6 Å². The summed E-state index contributed by atoms with van der Waals surface area (Å²) < 4.78 is 36.4. The maximum Gasteiger partial charge on any atom is 0.336 e. The van der Waals surface area contributed by atoms with Gasteiger partial charge in [0.1, 0.15) is 11.3 Å². The summed E-state index contributed by atoms with van der Waals surface area (Å²) in [5.74, 6) is -2.26. The minimum atomic E-state index is -1.06. The monoisotopic (exact) mass is 345 g/mol. The first kappa shape index (κ1) is 16.6. The number of halogens is 2. The molecular weight excluding hydrogens is 332 g/mol. The van der Waals surface area contributed by atoms with Crippen molar-refractivity contribution in [2.75, 3.05) is 11.9 Å². The summed E-state index contributed by atoms with van der Waals surface area (Å²) in [6.07, 6.45) is 0. The molecular formula is C18H13F2NO4. The third-order valence-electron chi connectivity index (χ3n) is 3.50. The number of carbonyl (C=O) groups excluding carboxylic acids is 1. The van der Waals surface area contributed by atoms with E-state index in [0.29, 0.717) is 11.3 Å². The summed E-state index contributed by atoms with van der Waals surface area (Å²) >= 11 is 0. The Morgan fingerprint density at radius 2 is 1.92 bits per heavy atom. The quantitative estimate of drug-likeness (QED) is 0.736. The van der Waals surface area contributed by atoms with Crippen molar-refractivity contribution < 1.29 is 22.7 Å². The molecule has 0 radical (unpaired) electrons. The predicted molar refractivity (Wildman–Crippen MR) is 87.7 cm³/mol. The first-order valence-corrected chi connectivity index (χ1v) is 7.34. The van der Waals surface area contributed by atoms with Crippen LogP contribution in [0.2, 0.25) is 0 Å². The van der Waals surface area contributed by atoms with E-state index in [1.165, 1.54) is 18.2 Å². The summed E-state index contributed by atoms with van der Waals surface area (Å²) in [6.45, 7) is 1.44. The molecule has 1 amide bonds. The maximum atomic E-state index is 13.1. The predicted octanol–water partition coefficient (Wildman–Crippen LogP) is 3.40. The Morgan fingerprint density at radius 1 is 1.12 bits per heavy atom. The molecule has 0 bridgehead atoms. The van der Waals surface area contributed by atoms with Crippen molar-refractivity contribution in [3.05, 3.63) is 70.1 Å². The highest BCUT2D eigenvalue weighted by Crippen LogP contribution is 2.22. The number of hydrogen-bond acceptors (Lipinski definition) is 4. The van der Waals surface area contributed by atoms with Crippen LogP contribution in [0.25, 0.3) is 11.0 Å². The molecule has 0 unspecified atom stereocenters. The molecule has 0 atom stereocenters. The molecule has 25 heavy (non-hydrogen) atoms. The van der Waals surface area contributed by atoms with Gasteiger partial charge in [0.2, 0.25) is 0 Å². The summed E-state index contributed by atoms with van der Waals surface area (Å²) in [5, 5.41) is 3.15. The number of benzene rings is 2. The molecule has 3 aromatic rings. The van der Waals surface area contributed by atoms with Crippen LogP contribution < -0.4 is 15.7 Å². The fourth-order valence-corrected chi connectivity index (χ4v) is 2.31. The average molecular weight is 345 g/mol. The lowest BCUT2D eigenvalue weighted by atomic mass is 10.1. The van der Waals surface area contributed by atoms with Gasteiger partial charge in [-0.2, -0.15) is 0 Å². The van der Waals surface area contributed by atoms with Crippen molar-refractivity contribution in [1.82, 2.24) is 0 Å². The Morgan fingerprint density at radius 3 is 2.68 bits per heavy atom. The van der Waals surface area contributed by atoms with Crippen molar-refractivity contribution in [3.8, 4) is 5.75 Å². The highest BCUT2D eigenvalue weighted by atomic mass is 19.2. The third-order valence-corrected chi connectivity index (χ3v) is 3.50. The van der Waals surface area contributed by atoms with Gasteiger partial charge in [0.15, 0.2) is 18.2 Å². The zero-order chi connectivity index (χ0) is 18.0. The second-order valence-corrected chi connectivity index (χ2v) is 5.37. The molecule has 1 N–H and O–H groups in total. The average Bonchev–Trinajstić information content (AvgIpc) is 2.56. The van der Waals surface area contributed by atoms with Crippen LogP contribution in [0.3, 0.4) is 0 Å². The van der Waals surface area contributed by atoms with Gasteiger partial charge in [-0.15, -0.1) is 0 Å². The molecule has 2 aromatic carbocycles. The molecule has 0 spiro atoms. The maximum absolute atomic E-state index is 13.1. The molecule has 0 saturated heterocycles. The highest BCUT2D eigenvalue weighted by molar-refractivity contribution is 5.92. The van der Waals surface area contributed by atoms with E-state index < -0.39 is 23.2 Å². The van der Waals surface area contributed by atoms with Crippen LogP contribution in [0.15, 0.2) is 51.7 Å². The van der Waals surface area contributed by atoms with Gasteiger partial charge >= 0.3 is 5.63 Å². The van der Waals surface area contributed by atoms with Crippen LogP contribution in [0.4, 0.5) is 14.5 Å². The Bertz CT molecular complexity index is 1010. The fraction of sp³-hybridized carbons (Fsp3) is 0.111. The van der Waals surface area contributed by atoms with Gasteiger partial charge in [0, 0.05) is 29.3 Å². The summed E-state index contributed by atoms with van der Waals surface area (Å²) in [6, 6.07) is 9.28. The van der Waals surface area contributed by atoms with Crippen LogP contribution in [-0.2, 0) is 4.79 Å². The molecule has 5 nitrogen and oxygen atoms in total. The molecule has 0 aliphatic carbocycles. The number of aryl methyl sites for hydroxylation is 1. The zero-order valence-corrected chi connectivity index (χ0v) is 13.1. The molecule has 0 aliphatic heterocycles. The lowest BCUT2D eigenvalue weighted by Gasteiger charge is -2.09. The number of nitrogens with one attached hydrogen (secondary N) is 1. The molecule has 3 rings (SSSR count). The van der Waals surface area contributed by atoms with E-state index in [1.807, 2.05) is 0 Å². The number of fused-ring (bicyclic) bond motifs is 1. The SMILES string of the molecule is Cc1cc(=O)oc2cc(OCC(=O)Nc3ccc(F)c(F)c3)ccc12. The first-order chi connectivity index (χ1) is 11.9. The van der Waals surface area contributed by atoms with Gasteiger partial charge in [-0.05, 0) is 36.8 Å². The molecule has 1 aromatic heterocycles. The van der Waals surface area contributed by atoms with E-state index in [9.17, 15) is 18.4 Å². The largest absolute Gasteiger partial charge is 0.484 e. The van der Waals surface area contributed by atoms with Gasteiger partial charge in [-0.3, -0.25) is 4.79 Å². The zero-order valence-electron chi connectivity index (χ0n) is 13.1. The van der Waals surface area contributed by atoms with Gasteiger partial charge in [0.05, 0.1) is 0 Å². The molecule has 0 aliphatic rings. The van der Waals surface area contributed by atoms with E-state index in [-0.39, 0.29) is 12.3 Å². The number of rotatable bonds is 4. The fourth-order valence-electron chi connectivity index (χ4n) is 2.31. The third kappa shape index (κ3) is 3.82. The Kier molecular flexibility index (Phi) is 4.47. The lowest BCUT2D eigenvalue weighted by Crippen LogP contribution is -2.20. The second kappa shape index (κ2) is 6.72. The van der Waals surface area contributed by atoms with E-state index in [2.05, 4.69) is 5.32 Å². The normalized spacial score (nSPS) is 10.7. The van der Waals surface area contributed by atoms with Crippen molar-refractivity contribution in [2.24, 2.45) is 0 Å². The summed E-state index contributed by atoms with van der Waals surface area (Å²) in [4.78, 5) is 23.2. The minimum absolute atomic E-state index is 0.118. The van der Waals surface area contributed by atoms with Crippen LogP contribution >= 0.6 is 0 Å². The smallest absolute Gasteiger partial charge is 0.336 e. The topological polar surface area (TPSA) is 68.5 Å². The van der Waals surface area contributed by atoms with Crippen LogP contribution in [0.5, 0.6) is 5.75 Å². The van der Waals surface area contributed by atoms with Crippen molar-refractivity contribution in [1.29, 1.82) is 0 Å². The molecule has 0 saturated carbocycles. The lowest BCUT2D eigenvalue weighted by molar-refractivity contribution is -0.118. The number of ether oxygens (including phenoxy) is 1. The van der Waals surface area contributed by atoms with E-state index >= 15 is 0 Å². The Hall–Kier alpha value is -3.22. The van der Waals surface area contributed by atoms with Crippen molar-refractivity contribution >= 4 is 22.6 Å². The van der Waals surface area contributed by atoms with Gasteiger partial charge < -0.3 is 14.5 Å². The molecule has 7 heteroatoms. The van der Waals surface area contributed by atoms with Crippen molar-refractivity contribution in [2.45, 2.75) is 6.92 Å². The standard InChI is InChI=1S/C18H13F2NO4/c1-10-6-18(23)25-16-8-12(3-4-13(10)16)24-9-17(22)21-11-2-5-14(19)15(20)7-11/h2-8H,9H2,1H3,(H,21,22). The summed E-state index contributed by atoms with van der Waals surface area (Å²) in [7, 11) is 0. The Labute approximate surface area is 140 Å². The minimum Gasteiger partial charge on any atom is -0.484 e. The number of carbonyl (C=O) groups is 1. The van der Waals surface area contributed by atoms with E-state index in [4.69, 9.17) is 9.15 Å². The number of hydrogen-bond donors (Lipinski definition) is 1. The second-order valence-electron chi connectivity index (χ2n) is 5.37. The first-order valence-electron chi connectivity index (χ1n) is 7.34. The Balaban J connectivity index is 1.68. The van der Waals surface area contributed by atoms with Gasteiger partial charge in [-0.1, -0.05) is 0 Å². The molecule has 0 fully saturated rings.